The monoisotopic (exact) mass is 330 g/mol. The van der Waals surface area contributed by atoms with E-state index in [1.807, 2.05) is 18.2 Å². The van der Waals surface area contributed by atoms with Crippen LogP contribution in [0.5, 0.6) is 0 Å². The van der Waals surface area contributed by atoms with Gasteiger partial charge in [-0.15, -0.1) is 0 Å². The molecule has 1 amide bonds. The quantitative estimate of drug-likeness (QED) is 0.868. The number of amides is 1. The van der Waals surface area contributed by atoms with E-state index in [1.165, 1.54) is 18.4 Å². The molecular formula is C16H15BrN2O. The Morgan fingerprint density at radius 3 is 2.55 bits per heavy atom. The van der Waals surface area contributed by atoms with Crippen molar-refractivity contribution in [3.8, 4) is 0 Å². The lowest BCUT2D eigenvalue weighted by molar-refractivity contribution is 0.0931. The SMILES string of the molecule is O=C(NC(c1ccccc1)C1CC1)c1ccc(Br)nc1. The third-order valence-corrected chi connectivity index (χ3v) is 4.00. The average molecular weight is 331 g/mol. The minimum absolute atomic E-state index is 0.0641. The number of carbonyl (C=O) groups is 1. The number of halogens is 1. The first-order chi connectivity index (χ1) is 9.74. The molecule has 2 aromatic rings. The van der Waals surface area contributed by atoms with Gasteiger partial charge in [0.05, 0.1) is 11.6 Å². The lowest BCUT2D eigenvalue weighted by Gasteiger charge is -2.18. The van der Waals surface area contributed by atoms with Gasteiger partial charge in [0.15, 0.2) is 0 Å². The zero-order chi connectivity index (χ0) is 13.9. The van der Waals surface area contributed by atoms with E-state index < -0.39 is 0 Å². The summed E-state index contributed by atoms with van der Waals surface area (Å²) in [5.74, 6) is 0.496. The average Bonchev–Trinajstić information content (AvgIpc) is 3.31. The van der Waals surface area contributed by atoms with Crippen molar-refractivity contribution in [1.29, 1.82) is 0 Å². The molecule has 102 valence electrons. The summed E-state index contributed by atoms with van der Waals surface area (Å²) in [5.41, 5.74) is 1.77. The molecule has 1 aromatic heterocycles. The molecule has 20 heavy (non-hydrogen) atoms. The lowest BCUT2D eigenvalue weighted by Crippen LogP contribution is -2.29. The number of hydrogen-bond acceptors (Lipinski definition) is 2. The van der Waals surface area contributed by atoms with Crippen molar-refractivity contribution in [1.82, 2.24) is 10.3 Å². The van der Waals surface area contributed by atoms with Crippen LogP contribution in [-0.4, -0.2) is 10.9 Å². The van der Waals surface area contributed by atoms with Gasteiger partial charge in [-0.1, -0.05) is 30.3 Å². The second kappa shape index (κ2) is 5.75. The van der Waals surface area contributed by atoms with E-state index in [0.29, 0.717) is 11.5 Å². The van der Waals surface area contributed by atoms with E-state index in [4.69, 9.17) is 0 Å². The highest BCUT2D eigenvalue weighted by Crippen LogP contribution is 2.41. The first-order valence-electron chi connectivity index (χ1n) is 6.71. The number of carbonyl (C=O) groups excluding carboxylic acids is 1. The van der Waals surface area contributed by atoms with Crippen LogP contribution in [0.25, 0.3) is 0 Å². The maximum absolute atomic E-state index is 12.3. The third kappa shape index (κ3) is 3.07. The number of nitrogens with one attached hydrogen (secondary N) is 1. The van der Waals surface area contributed by atoms with Crippen molar-refractivity contribution >= 4 is 21.8 Å². The Morgan fingerprint density at radius 2 is 1.95 bits per heavy atom. The molecule has 1 atom stereocenters. The van der Waals surface area contributed by atoms with Gasteiger partial charge in [-0.05, 0) is 52.4 Å². The van der Waals surface area contributed by atoms with Crippen LogP contribution in [0.3, 0.4) is 0 Å². The fourth-order valence-electron chi connectivity index (χ4n) is 2.30. The van der Waals surface area contributed by atoms with Crippen LogP contribution in [0.1, 0.15) is 34.8 Å². The van der Waals surface area contributed by atoms with E-state index in [2.05, 4.69) is 38.4 Å². The molecule has 0 spiro atoms. The van der Waals surface area contributed by atoms with Crippen molar-refractivity contribution in [3.05, 3.63) is 64.4 Å². The van der Waals surface area contributed by atoms with Crippen LogP contribution in [-0.2, 0) is 0 Å². The van der Waals surface area contributed by atoms with Gasteiger partial charge in [0.25, 0.3) is 5.91 Å². The first-order valence-corrected chi connectivity index (χ1v) is 7.51. The minimum atomic E-state index is -0.0641. The van der Waals surface area contributed by atoms with Gasteiger partial charge in [-0.25, -0.2) is 4.98 Å². The van der Waals surface area contributed by atoms with E-state index >= 15 is 0 Å². The molecule has 1 aliphatic carbocycles. The standard InChI is InChI=1S/C16H15BrN2O/c17-14-9-8-13(10-18-14)16(20)19-15(12-6-7-12)11-4-2-1-3-5-11/h1-5,8-10,12,15H,6-7H2,(H,19,20). The lowest BCUT2D eigenvalue weighted by atomic mass is 10.0. The summed E-state index contributed by atoms with van der Waals surface area (Å²) in [7, 11) is 0. The van der Waals surface area contributed by atoms with Crippen LogP contribution < -0.4 is 5.32 Å². The summed E-state index contributed by atoms with van der Waals surface area (Å²) >= 11 is 3.27. The number of rotatable bonds is 4. The fourth-order valence-corrected chi connectivity index (χ4v) is 2.53. The highest BCUT2D eigenvalue weighted by Gasteiger charge is 2.33. The highest BCUT2D eigenvalue weighted by atomic mass is 79.9. The van der Waals surface area contributed by atoms with Gasteiger partial charge < -0.3 is 5.32 Å². The number of hydrogen-bond donors (Lipinski definition) is 1. The molecule has 1 heterocycles. The number of benzene rings is 1. The molecule has 3 nitrogen and oxygen atoms in total. The van der Waals surface area contributed by atoms with E-state index in [1.54, 1.807) is 18.3 Å². The highest BCUT2D eigenvalue weighted by molar-refractivity contribution is 9.10. The molecule has 3 rings (SSSR count). The van der Waals surface area contributed by atoms with Gasteiger partial charge in [0, 0.05) is 6.20 Å². The smallest absolute Gasteiger partial charge is 0.253 e. The predicted octanol–water partition coefficient (Wildman–Crippen LogP) is 3.73. The summed E-state index contributed by atoms with van der Waals surface area (Å²) in [6.45, 7) is 0. The summed E-state index contributed by atoms with van der Waals surface area (Å²) in [4.78, 5) is 16.4. The molecule has 1 fully saturated rings. The second-order valence-corrected chi connectivity index (χ2v) is 5.88. The molecule has 0 aliphatic heterocycles. The Kier molecular flexibility index (Phi) is 3.83. The van der Waals surface area contributed by atoms with Crippen LogP contribution >= 0.6 is 15.9 Å². The Balaban J connectivity index is 1.77. The molecular weight excluding hydrogens is 316 g/mol. The van der Waals surface area contributed by atoms with E-state index in [0.717, 1.165) is 4.60 Å². The van der Waals surface area contributed by atoms with Gasteiger partial charge >= 0.3 is 0 Å². The zero-order valence-corrected chi connectivity index (χ0v) is 12.5. The van der Waals surface area contributed by atoms with Crippen molar-refractivity contribution in [2.75, 3.05) is 0 Å². The van der Waals surface area contributed by atoms with Crippen LogP contribution in [0, 0.1) is 5.92 Å². The fraction of sp³-hybridized carbons (Fsp3) is 0.250. The van der Waals surface area contributed by atoms with E-state index in [9.17, 15) is 4.79 Å². The molecule has 4 heteroatoms. The van der Waals surface area contributed by atoms with Gasteiger partial charge in [0.1, 0.15) is 4.60 Å². The number of pyridine rings is 1. The van der Waals surface area contributed by atoms with Gasteiger partial charge in [-0.3, -0.25) is 4.79 Å². The molecule has 1 aromatic carbocycles. The van der Waals surface area contributed by atoms with Crippen molar-refractivity contribution < 1.29 is 4.79 Å². The van der Waals surface area contributed by atoms with Crippen molar-refractivity contribution in [2.24, 2.45) is 5.92 Å². The Hall–Kier alpha value is -1.68. The van der Waals surface area contributed by atoms with Gasteiger partial charge in [0.2, 0.25) is 0 Å². The number of nitrogens with zero attached hydrogens (tertiary/aromatic N) is 1. The maximum atomic E-state index is 12.3. The summed E-state index contributed by atoms with van der Waals surface area (Å²) in [5, 5.41) is 3.14. The summed E-state index contributed by atoms with van der Waals surface area (Å²) < 4.78 is 0.732. The molecule has 1 unspecified atom stereocenters. The molecule has 1 N–H and O–H groups in total. The summed E-state index contributed by atoms with van der Waals surface area (Å²) in [6.07, 6.45) is 3.95. The molecule has 1 aliphatic rings. The topological polar surface area (TPSA) is 42.0 Å². The van der Waals surface area contributed by atoms with Crippen molar-refractivity contribution in [2.45, 2.75) is 18.9 Å². The van der Waals surface area contributed by atoms with E-state index in [-0.39, 0.29) is 11.9 Å². The number of aromatic nitrogens is 1. The summed E-state index contributed by atoms with van der Waals surface area (Å²) in [6, 6.07) is 13.8. The Bertz CT molecular complexity index is 594. The van der Waals surface area contributed by atoms with Crippen LogP contribution in [0.2, 0.25) is 0 Å². The van der Waals surface area contributed by atoms with Crippen LogP contribution in [0.4, 0.5) is 0 Å². The molecule has 1 saturated carbocycles. The maximum Gasteiger partial charge on any atom is 0.253 e. The minimum Gasteiger partial charge on any atom is -0.345 e. The second-order valence-electron chi connectivity index (χ2n) is 5.07. The van der Waals surface area contributed by atoms with Crippen LogP contribution in [0.15, 0.2) is 53.3 Å². The molecule has 0 radical (unpaired) electrons. The normalized spacial score (nSPS) is 15.7. The molecule has 0 bridgehead atoms. The predicted molar refractivity (Wildman–Crippen MR) is 81.3 cm³/mol. The first kappa shape index (κ1) is 13.3. The third-order valence-electron chi connectivity index (χ3n) is 3.53. The Labute approximate surface area is 126 Å². The zero-order valence-electron chi connectivity index (χ0n) is 10.9. The van der Waals surface area contributed by atoms with Crippen molar-refractivity contribution in [3.63, 3.8) is 0 Å². The molecule has 0 saturated heterocycles. The van der Waals surface area contributed by atoms with Gasteiger partial charge in [-0.2, -0.15) is 0 Å². The largest absolute Gasteiger partial charge is 0.345 e. The Morgan fingerprint density at radius 1 is 1.20 bits per heavy atom.